The lowest BCUT2D eigenvalue weighted by Crippen LogP contribution is -2.23. The SMILES string of the molecule is CCOCCN(C)c1cc(CO)cc(C)n1. The van der Waals surface area contributed by atoms with Crippen LogP contribution in [0.5, 0.6) is 0 Å². The minimum absolute atomic E-state index is 0.0512. The van der Waals surface area contributed by atoms with Crippen LogP contribution in [0.1, 0.15) is 18.2 Å². The van der Waals surface area contributed by atoms with Crippen molar-refractivity contribution in [3.8, 4) is 0 Å². The van der Waals surface area contributed by atoms with Gasteiger partial charge in [-0.1, -0.05) is 0 Å². The molecule has 0 aromatic carbocycles. The average molecular weight is 224 g/mol. The van der Waals surface area contributed by atoms with Gasteiger partial charge in [0.1, 0.15) is 5.82 Å². The number of hydrogen-bond donors (Lipinski definition) is 1. The maximum atomic E-state index is 9.11. The van der Waals surface area contributed by atoms with Crippen LogP contribution >= 0.6 is 0 Å². The molecule has 0 fully saturated rings. The third-order valence-corrected chi connectivity index (χ3v) is 2.35. The predicted molar refractivity (Wildman–Crippen MR) is 64.7 cm³/mol. The van der Waals surface area contributed by atoms with Crippen molar-refractivity contribution in [3.63, 3.8) is 0 Å². The molecule has 1 aromatic heterocycles. The molecule has 1 aromatic rings. The number of nitrogens with zero attached hydrogens (tertiary/aromatic N) is 2. The van der Waals surface area contributed by atoms with Crippen molar-refractivity contribution in [1.29, 1.82) is 0 Å². The number of aryl methyl sites for hydroxylation is 1. The number of likely N-dealkylation sites (N-methyl/N-ethyl adjacent to an activating group) is 1. The molecule has 0 bridgehead atoms. The van der Waals surface area contributed by atoms with Gasteiger partial charge in [0.15, 0.2) is 0 Å². The summed E-state index contributed by atoms with van der Waals surface area (Å²) >= 11 is 0. The maximum absolute atomic E-state index is 9.11. The van der Waals surface area contributed by atoms with Gasteiger partial charge in [-0.2, -0.15) is 0 Å². The Labute approximate surface area is 96.9 Å². The van der Waals surface area contributed by atoms with Gasteiger partial charge in [-0.3, -0.25) is 0 Å². The van der Waals surface area contributed by atoms with Gasteiger partial charge in [0, 0.05) is 25.9 Å². The Morgan fingerprint density at radius 2 is 2.19 bits per heavy atom. The molecule has 90 valence electrons. The number of rotatable bonds is 6. The molecule has 0 unspecified atom stereocenters. The van der Waals surface area contributed by atoms with Crippen LogP contribution in [0.15, 0.2) is 12.1 Å². The molecule has 0 aliphatic carbocycles. The second-order valence-corrected chi connectivity index (χ2v) is 3.75. The molecule has 4 heteroatoms. The van der Waals surface area contributed by atoms with Gasteiger partial charge in [0.25, 0.3) is 0 Å². The van der Waals surface area contributed by atoms with Crippen molar-refractivity contribution in [2.45, 2.75) is 20.5 Å². The van der Waals surface area contributed by atoms with Crippen molar-refractivity contribution < 1.29 is 9.84 Å². The van der Waals surface area contributed by atoms with E-state index in [1.807, 2.05) is 37.9 Å². The van der Waals surface area contributed by atoms with Crippen LogP contribution in [0.2, 0.25) is 0 Å². The van der Waals surface area contributed by atoms with Crippen LogP contribution < -0.4 is 4.90 Å². The van der Waals surface area contributed by atoms with Crippen LogP contribution in [-0.4, -0.2) is 36.9 Å². The van der Waals surface area contributed by atoms with E-state index >= 15 is 0 Å². The van der Waals surface area contributed by atoms with Crippen molar-refractivity contribution in [2.24, 2.45) is 0 Å². The highest BCUT2D eigenvalue weighted by atomic mass is 16.5. The van der Waals surface area contributed by atoms with Gasteiger partial charge in [-0.25, -0.2) is 4.98 Å². The third-order valence-electron chi connectivity index (χ3n) is 2.35. The Kier molecular flexibility index (Phi) is 5.22. The Hall–Kier alpha value is -1.13. The van der Waals surface area contributed by atoms with Gasteiger partial charge >= 0.3 is 0 Å². The molecule has 1 rings (SSSR count). The van der Waals surface area contributed by atoms with E-state index in [9.17, 15) is 0 Å². The molecule has 0 aliphatic rings. The first-order chi connectivity index (χ1) is 7.67. The Bertz CT molecular complexity index is 329. The van der Waals surface area contributed by atoms with Gasteiger partial charge in [0.05, 0.1) is 13.2 Å². The Morgan fingerprint density at radius 1 is 1.44 bits per heavy atom. The highest BCUT2D eigenvalue weighted by Crippen LogP contribution is 2.13. The lowest BCUT2D eigenvalue weighted by molar-refractivity contribution is 0.154. The summed E-state index contributed by atoms with van der Waals surface area (Å²) in [7, 11) is 1.97. The maximum Gasteiger partial charge on any atom is 0.128 e. The van der Waals surface area contributed by atoms with E-state index in [0.29, 0.717) is 6.61 Å². The second kappa shape index (κ2) is 6.45. The average Bonchev–Trinajstić information content (AvgIpc) is 2.28. The second-order valence-electron chi connectivity index (χ2n) is 3.75. The molecule has 16 heavy (non-hydrogen) atoms. The van der Waals surface area contributed by atoms with Crippen LogP contribution in [0.25, 0.3) is 0 Å². The molecule has 0 radical (unpaired) electrons. The van der Waals surface area contributed by atoms with E-state index in [0.717, 1.165) is 30.2 Å². The quantitative estimate of drug-likeness (QED) is 0.741. The summed E-state index contributed by atoms with van der Waals surface area (Å²) in [5.41, 5.74) is 1.82. The molecule has 0 saturated carbocycles. The summed E-state index contributed by atoms with van der Waals surface area (Å²) in [6.45, 7) is 6.19. The van der Waals surface area contributed by atoms with Gasteiger partial charge in [0.2, 0.25) is 0 Å². The molecule has 1 N–H and O–H groups in total. The topological polar surface area (TPSA) is 45.6 Å². The van der Waals surface area contributed by atoms with Gasteiger partial charge in [-0.05, 0) is 31.5 Å². The number of hydrogen-bond acceptors (Lipinski definition) is 4. The fourth-order valence-corrected chi connectivity index (χ4v) is 1.47. The van der Waals surface area contributed by atoms with E-state index in [1.54, 1.807) is 0 Å². The summed E-state index contributed by atoms with van der Waals surface area (Å²) in [5, 5.41) is 9.11. The number of aliphatic hydroxyl groups excluding tert-OH is 1. The van der Waals surface area contributed by atoms with E-state index in [4.69, 9.17) is 9.84 Å². The molecule has 0 atom stereocenters. The standard InChI is InChI=1S/C12H20N2O2/c1-4-16-6-5-14(3)12-8-11(9-15)7-10(2)13-12/h7-8,15H,4-6,9H2,1-3H3. The fourth-order valence-electron chi connectivity index (χ4n) is 1.47. The molecular weight excluding hydrogens is 204 g/mol. The van der Waals surface area contributed by atoms with Crippen LogP contribution in [0, 0.1) is 6.92 Å². The molecule has 1 heterocycles. The summed E-state index contributed by atoms with van der Waals surface area (Å²) in [6, 6.07) is 3.79. The van der Waals surface area contributed by atoms with Crippen molar-refractivity contribution in [2.75, 3.05) is 31.7 Å². The van der Waals surface area contributed by atoms with Crippen LogP contribution in [0.4, 0.5) is 5.82 Å². The molecule has 0 spiro atoms. The lowest BCUT2D eigenvalue weighted by atomic mass is 10.2. The van der Waals surface area contributed by atoms with E-state index in [-0.39, 0.29) is 6.61 Å². The summed E-state index contributed by atoms with van der Waals surface area (Å²) < 4.78 is 5.29. The van der Waals surface area contributed by atoms with E-state index < -0.39 is 0 Å². The molecule has 0 aliphatic heterocycles. The highest BCUT2D eigenvalue weighted by Gasteiger charge is 2.04. The monoisotopic (exact) mass is 224 g/mol. The zero-order valence-electron chi connectivity index (χ0n) is 10.2. The summed E-state index contributed by atoms with van der Waals surface area (Å²) in [5.74, 6) is 0.878. The van der Waals surface area contributed by atoms with Gasteiger partial charge in [-0.15, -0.1) is 0 Å². The highest BCUT2D eigenvalue weighted by molar-refractivity contribution is 5.41. The molecular formula is C12H20N2O2. The fraction of sp³-hybridized carbons (Fsp3) is 0.583. The van der Waals surface area contributed by atoms with E-state index in [1.165, 1.54) is 0 Å². The summed E-state index contributed by atoms with van der Waals surface area (Å²) in [6.07, 6.45) is 0. The van der Waals surface area contributed by atoms with Crippen molar-refractivity contribution in [3.05, 3.63) is 23.4 Å². The first kappa shape index (κ1) is 12.9. The van der Waals surface area contributed by atoms with E-state index in [2.05, 4.69) is 4.98 Å². The Morgan fingerprint density at radius 3 is 2.81 bits per heavy atom. The van der Waals surface area contributed by atoms with Crippen LogP contribution in [-0.2, 0) is 11.3 Å². The minimum atomic E-state index is 0.0512. The molecule has 0 amide bonds. The molecule has 0 saturated heterocycles. The third kappa shape index (κ3) is 3.79. The number of aromatic nitrogens is 1. The number of anilines is 1. The first-order valence-electron chi connectivity index (χ1n) is 5.54. The number of ether oxygens (including phenoxy) is 1. The molecule has 4 nitrogen and oxygen atoms in total. The normalized spacial score (nSPS) is 10.5. The largest absolute Gasteiger partial charge is 0.392 e. The van der Waals surface area contributed by atoms with Crippen molar-refractivity contribution in [1.82, 2.24) is 4.98 Å². The minimum Gasteiger partial charge on any atom is -0.392 e. The summed E-state index contributed by atoms with van der Waals surface area (Å²) in [4.78, 5) is 6.45. The van der Waals surface area contributed by atoms with Gasteiger partial charge < -0.3 is 14.7 Å². The zero-order valence-corrected chi connectivity index (χ0v) is 10.2. The predicted octanol–water partition coefficient (Wildman–Crippen LogP) is 1.36. The Balaban J connectivity index is 2.66. The number of aliphatic hydroxyl groups is 1. The number of pyridine rings is 1. The van der Waals surface area contributed by atoms with Crippen molar-refractivity contribution >= 4 is 5.82 Å². The lowest BCUT2D eigenvalue weighted by Gasteiger charge is -2.19. The first-order valence-corrected chi connectivity index (χ1v) is 5.54. The smallest absolute Gasteiger partial charge is 0.128 e. The van der Waals surface area contributed by atoms with Crippen LogP contribution in [0.3, 0.4) is 0 Å². The zero-order chi connectivity index (χ0) is 12.0.